The molecule has 0 radical (unpaired) electrons. The van der Waals surface area contributed by atoms with Gasteiger partial charge >= 0.3 is 0 Å². The third-order valence-electron chi connectivity index (χ3n) is 1.79. The highest BCUT2D eigenvalue weighted by molar-refractivity contribution is 7.92. The van der Waals surface area contributed by atoms with Crippen LogP contribution in [0.3, 0.4) is 0 Å². The number of nitrogens with one attached hydrogen (secondary N) is 1. The van der Waals surface area contributed by atoms with E-state index in [1.54, 1.807) is 6.92 Å². The fourth-order valence-electron chi connectivity index (χ4n) is 1.16. The summed E-state index contributed by atoms with van der Waals surface area (Å²) in [6.07, 6.45) is 3.79. The summed E-state index contributed by atoms with van der Waals surface area (Å²) in [6, 6.07) is 0. The first kappa shape index (κ1) is 14.4. The maximum atomic E-state index is 11.3. The van der Waals surface area contributed by atoms with Crippen LogP contribution in [0.5, 0.6) is 0 Å². The van der Waals surface area contributed by atoms with Crippen molar-refractivity contribution in [1.82, 2.24) is 4.72 Å². The van der Waals surface area contributed by atoms with Crippen molar-refractivity contribution in [2.75, 3.05) is 6.54 Å². The molecule has 4 heteroatoms. The van der Waals surface area contributed by atoms with Gasteiger partial charge in [-0.2, -0.15) is 0 Å². The van der Waals surface area contributed by atoms with Gasteiger partial charge in [0.2, 0.25) is 10.0 Å². The Bertz CT molecular complexity index is 336. The summed E-state index contributed by atoms with van der Waals surface area (Å²) in [5.74, 6) is 0. The second-order valence-electron chi connectivity index (χ2n) is 3.83. The van der Waals surface area contributed by atoms with Crippen LogP contribution in [-0.4, -0.2) is 15.0 Å². The predicted molar refractivity (Wildman–Crippen MR) is 65.0 cm³/mol. The maximum absolute atomic E-state index is 11.3. The van der Waals surface area contributed by atoms with Gasteiger partial charge in [0.15, 0.2) is 0 Å². The SMILES string of the molecule is CCNS(=O)(=O)/C=C(/C)CCC=C(C)C. The number of hydrogen-bond acceptors (Lipinski definition) is 2. The third kappa shape index (κ3) is 8.39. The van der Waals surface area contributed by atoms with Gasteiger partial charge in [-0.25, -0.2) is 13.1 Å². The molecule has 0 unspecified atom stereocenters. The van der Waals surface area contributed by atoms with E-state index in [0.29, 0.717) is 6.54 Å². The standard InChI is InChI=1S/C11H21NO2S/c1-5-12-15(13,14)9-11(4)8-6-7-10(2)3/h7,9,12H,5-6,8H2,1-4H3/b11-9-. The molecular weight excluding hydrogens is 210 g/mol. The highest BCUT2D eigenvalue weighted by Gasteiger charge is 2.03. The summed E-state index contributed by atoms with van der Waals surface area (Å²) in [6.45, 7) is 8.11. The molecule has 0 rings (SSSR count). The lowest BCUT2D eigenvalue weighted by molar-refractivity contribution is 0.592. The molecule has 0 saturated heterocycles. The molecule has 3 nitrogen and oxygen atoms in total. The fraction of sp³-hybridized carbons (Fsp3) is 0.636. The highest BCUT2D eigenvalue weighted by Crippen LogP contribution is 2.08. The minimum atomic E-state index is -3.21. The van der Waals surface area contributed by atoms with Gasteiger partial charge in [-0.05, 0) is 33.6 Å². The van der Waals surface area contributed by atoms with Gasteiger partial charge < -0.3 is 0 Å². The molecule has 0 aromatic heterocycles. The van der Waals surface area contributed by atoms with Crippen LogP contribution in [0.15, 0.2) is 22.6 Å². The first-order valence-electron chi connectivity index (χ1n) is 5.17. The Morgan fingerprint density at radius 1 is 1.27 bits per heavy atom. The van der Waals surface area contributed by atoms with Gasteiger partial charge in [-0.3, -0.25) is 0 Å². The summed E-state index contributed by atoms with van der Waals surface area (Å²) < 4.78 is 25.1. The molecule has 0 amide bonds. The molecule has 0 heterocycles. The van der Waals surface area contributed by atoms with Gasteiger partial charge in [-0.15, -0.1) is 0 Å². The van der Waals surface area contributed by atoms with Crippen LogP contribution in [0, 0.1) is 0 Å². The number of hydrogen-bond donors (Lipinski definition) is 1. The molecule has 0 atom stereocenters. The molecule has 0 aromatic rings. The molecule has 0 aliphatic carbocycles. The van der Waals surface area contributed by atoms with E-state index in [0.717, 1.165) is 18.4 Å². The van der Waals surface area contributed by atoms with Crippen molar-refractivity contribution < 1.29 is 8.42 Å². The number of allylic oxidation sites excluding steroid dienone is 3. The fourth-order valence-corrected chi connectivity index (χ4v) is 2.29. The van der Waals surface area contributed by atoms with Crippen molar-refractivity contribution in [3.8, 4) is 0 Å². The van der Waals surface area contributed by atoms with Crippen molar-refractivity contribution >= 4 is 10.0 Å². The Kier molecular flexibility index (Phi) is 6.52. The lowest BCUT2D eigenvalue weighted by atomic mass is 10.1. The summed E-state index contributed by atoms with van der Waals surface area (Å²) in [7, 11) is -3.21. The molecule has 15 heavy (non-hydrogen) atoms. The Labute approximate surface area is 93.3 Å². The van der Waals surface area contributed by atoms with Gasteiger partial charge in [0, 0.05) is 12.0 Å². The first-order valence-corrected chi connectivity index (χ1v) is 6.72. The molecule has 0 bridgehead atoms. The zero-order valence-corrected chi connectivity index (χ0v) is 10.8. The van der Waals surface area contributed by atoms with E-state index >= 15 is 0 Å². The monoisotopic (exact) mass is 231 g/mol. The molecule has 0 aromatic carbocycles. The molecule has 0 aliphatic rings. The minimum Gasteiger partial charge on any atom is -0.212 e. The van der Waals surface area contributed by atoms with E-state index in [-0.39, 0.29) is 0 Å². The van der Waals surface area contributed by atoms with Crippen LogP contribution in [0.2, 0.25) is 0 Å². The van der Waals surface area contributed by atoms with Crippen LogP contribution >= 0.6 is 0 Å². The number of rotatable bonds is 6. The van der Waals surface area contributed by atoms with E-state index in [1.807, 2.05) is 20.8 Å². The summed E-state index contributed by atoms with van der Waals surface area (Å²) in [5.41, 5.74) is 2.14. The lowest BCUT2D eigenvalue weighted by Crippen LogP contribution is -2.20. The Morgan fingerprint density at radius 2 is 1.87 bits per heavy atom. The Hall–Kier alpha value is -0.610. The third-order valence-corrected chi connectivity index (χ3v) is 3.20. The van der Waals surface area contributed by atoms with E-state index in [4.69, 9.17) is 0 Å². The molecular formula is C11H21NO2S. The van der Waals surface area contributed by atoms with Crippen molar-refractivity contribution in [3.63, 3.8) is 0 Å². The first-order chi connectivity index (χ1) is 6.87. The smallest absolute Gasteiger partial charge is 0.212 e. The van der Waals surface area contributed by atoms with E-state index < -0.39 is 10.0 Å². The molecule has 0 aliphatic heterocycles. The van der Waals surface area contributed by atoms with Crippen molar-refractivity contribution in [2.24, 2.45) is 0 Å². The molecule has 1 N–H and O–H groups in total. The summed E-state index contributed by atoms with van der Waals surface area (Å²) in [4.78, 5) is 0. The number of sulfonamides is 1. The lowest BCUT2D eigenvalue weighted by Gasteiger charge is -2.01. The maximum Gasteiger partial charge on any atom is 0.233 e. The van der Waals surface area contributed by atoms with E-state index in [1.165, 1.54) is 11.0 Å². The van der Waals surface area contributed by atoms with E-state index in [9.17, 15) is 8.42 Å². The zero-order valence-electron chi connectivity index (χ0n) is 10.0. The van der Waals surface area contributed by atoms with Crippen LogP contribution in [0.25, 0.3) is 0 Å². The Balaban J connectivity index is 4.26. The van der Waals surface area contributed by atoms with Crippen LogP contribution in [0.1, 0.15) is 40.5 Å². The van der Waals surface area contributed by atoms with Crippen molar-refractivity contribution in [2.45, 2.75) is 40.5 Å². The summed E-state index contributed by atoms with van der Waals surface area (Å²) in [5, 5.41) is 1.31. The zero-order chi connectivity index (χ0) is 11.9. The van der Waals surface area contributed by atoms with Crippen LogP contribution in [-0.2, 0) is 10.0 Å². The topological polar surface area (TPSA) is 46.2 Å². The predicted octanol–water partition coefficient (Wildman–Crippen LogP) is 2.58. The average Bonchev–Trinajstić information content (AvgIpc) is 2.01. The average molecular weight is 231 g/mol. The second-order valence-corrected chi connectivity index (χ2v) is 5.44. The molecule has 88 valence electrons. The van der Waals surface area contributed by atoms with Crippen LogP contribution < -0.4 is 4.72 Å². The van der Waals surface area contributed by atoms with Crippen molar-refractivity contribution in [3.05, 3.63) is 22.6 Å². The van der Waals surface area contributed by atoms with Gasteiger partial charge in [0.1, 0.15) is 0 Å². The molecule has 0 saturated carbocycles. The second kappa shape index (κ2) is 6.80. The highest BCUT2D eigenvalue weighted by atomic mass is 32.2. The van der Waals surface area contributed by atoms with Crippen molar-refractivity contribution in [1.29, 1.82) is 0 Å². The minimum absolute atomic E-state index is 0.431. The van der Waals surface area contributed by atoms with Crippen LogP contribution in [0.4, 0.5) is 0 Å². The van der Waals surface area contributed by atoms with E-state index in [2.05, 4.69) is 10.8 Å². The molecule has 0 fully saturated rings. The van der Waals surface area contributed by atoms with Gasteiger partial charge in [-0.1, -0.05) is 24.1 Å². The molecule has 0 spiro atoms. The quantitative estimate of drug-likeness (QED) is 0.714. The van der Waals surface area contributed by atoms with Gasteiger partial charge in [0.25, 0.3) is 0 Å². The Morgan fingerprint density at radius 3 is 2.33 bits per heavy atom. The largest absolute Gasteiger partial charge is 0.233 e. The normalized spacial score (nSPS) is 12.7. The summed E-state index contributed by atoms with van der Waals surface area (Å²) >= 11 is 0. The van der Waals surface area contributed by atoms with Gasteiger partial charge in [0.05, 0.1) is 0 Å².